The fourth-order valence-corrected chi connectivity index (χ4v) is 2.61. The topological polar surface area (TPSA) is 53.7 Å². The van der Waals surface area contributed by atoms with Gasteiger partial charge in [0, 0.05) is 31.4 Å². The molecule has 94 valence electrons. The molecule has 0 spiro atoms. The van der Waals surface area contributed by atoms with Crippen molar-refractivity contribution in [1.29, 1.82) is 0 Å². The molecular formula is C12H14ClN5. The molecule has 3 rings (SSSR count). The number of hydrogen-bond acceptors (Lipinski definition) is 5. The molecule has 0 amide bonds. The zero-order chi connectivity index (χ0) is 12.5. The third kappa shape index (κ3) is 2.22. The molecular weight excluding hydrogens is 250 g/mol. The standard InChI is InChI=1S/C12H14ClN5/c1-8-15-6-9-7-18(5-3-10(9)16-8)11-2-4-14-12(13)17-11/h2,4,6,9-10H,3,5,7H2,1H3/t9-,10-/m1/s1. The van der Waals surface area contributed by atoms with Crippen molar-refractivity contribution < 1.29 is 0 Å². The Hall–Kier alpha value is -1.49. The Morgan fingerprint density at radius 2 is 2.33 bits per heavy atom. The number of aliphatic imine (C=N–C) groups is 2. The molecule has 3 heterocycles. The number of hydrogen-bond donors (Lipinski definition) is 0. The first kappa shape index (κ1) is 11.6. The molecule has 2 aliphatic heterocycles. The van der Waals surface area contributed by atoms with Crippen LogP contribution >= 0.6 is 11.6 Å². The van der Waals surface area contributed by atoms with Crippen molar-refractivity contribution in [2.24, 2.45) is 15.9 Å². The van der Waals surface area contributed by atoms with Crippen molar-refractivity contribution in [1.82, 2.24) is 9.97 Å². The highest BCUT2D eigenvalue weighted by Gasteiger charge is 2.30. The van der Waals surface area contributed by atoms with E-state index in [4.69, 9.17) is 11.6 Å². The summed E-state index contributed by atoms with van der Waals surface area (Å²) in [6.45, 7) is 3.78. The van der Waals surface area contributed by atoms with Crippen LogP contribution in [0.2, 0.25) is 5.28 Å². The summed E-state index contributed by atoms with van der Waals surface area (Å²) >= 11 is 5.82. The second-order valence-electron chi connectivity index (χ2n) is 4.60. The van der Waals surface area contributed by atoms with Gasteiger partial charge in [-0.05, 0) is 31.0 Å². The van der Waals surface area contributed by atoms with E-state index in [0.29, 0.717) is 17.2 Å². The molecule has 0 aliphatic carbocycles. The van der Waals surface area contributed by atoms with Gasteiger partial charge in [-0.3, -0.25) is 4.99 Å². The molecule has 1 aromatic rings. The average molecular weight is 264 g/mol. The molecule has 2 aliphatic rings. The SMILES string of the molecule is CC1=N[C@@H]2CCN(c3ccnc(Cl)n3)C[C@H]2C=N1. The molecule has 2 atom stereocenters. The van der Waals surface area contributed by atoms with E-state index in [2.05, 4.69) is 24.9 Å². The van der Waals surface area contributed by atoms with Crippen molar-refractivity contribution in [2.75, 3.05) is 18.0 Å². The highest BCUT2D eigenvalue weighted by atomic mass is 35.5. The van der Waals surface area contributed by atoms with E-state index < -0.39 is 0 Å². The molecule has 1 saturated heterocycles. The minimum absolute atomic E-state index is 0.292. The molecule has 0 saturated carbocycles. The molecule has 0 unspecified atom stereocenters. The van der Waals surface area contributed by atoms with Crippen molar-refractivity contribution in [3.8, 4) is 0 Å². The Morgan fingerprint density at radius 3 is 3.17 bits per heavy atom. The number of fused-ring (bicyclic) bond motifs is 1. The number of rotatable bonds is 1. The lowest BCUT2D eigenvalue weighted by Gasteiger charge is -2.37. The van der Waals surface area contributed by atoms with Crippen molar-refractivity contribution in [3.05, 3.63) is 17.5 Å². The lowest BCUT2D eigenvalue weighted by Crippen LogP contribution is -2.45. The molecule has 6 heteroatoms. The lowest BCUT2D eigenvalue weighted by molar-refractivity contribution is 0.438. The Kier molecular flexibility index (Phi) is 2.99. The maximum absolute atomic E-state index is 5.82. The van der Waals surface area contributed by atoms with Crippen LogP contribution < -0.4 is 4.90 Å². The predicted molar refractivity (Wildman–Crippen MR) is 72.8 cm³/mol. The highest BCUT2D eigenvalue weighted by molar-refractivity contribution is 6.28. The number of aromatic nitrogens is 2. The molecule has 0 radical (unpaired) electrons. The van der Waals surface area contributed by atoms with Crippen LogP contribution in [0.3, 0.4) is 0 Å². The fraction of sp³-hybridized carbons (Fsp3) is 0.500. The summed E-state index contributed by atoms with van der Waals surface area (Å²) in [5.74, 6) is 2.14. The summed E-state index contributed by atoms with van der Waals surface area (Å²) in [6, 6.07) is 2.26. The molecule has 0 N–H and O–H groups in total. The second-order valence-corrected chi connectivity index (χ2v) is 4.94. The summed E-state index contributed by atoms with van der Waals surface area (Å²) in [4.78, 5) is 19.3. The fourth-order valence-electron chi connectivity index (χ4n) is 2.46. The summed E-state index contributed by atoms with van der Waals surface area (Å²) in [5.41, 5.74) is 0. The molecule has 0 bridgehead atoms. The zero-order valence-electron chi connectivity index (χ0n) is 10.1. The van der Waals surface area contributed by atoms with Gasteiger partial charge in [-0.2, -0.15) is 0 Å². The average Bonchev–Trinajstić information content (AvgIpc) is 2.38. The van der Waals surface area contributed by atoms with E-state index in [1.54, 1.807) is 6.20 Å². The smallest absolute Gasteiger partial charge is 0.224 e. The number of amidine groups is 1. The first-order valence-corrected chi connectivity index (χ1v) is 6.42. The van der Waals surface area contributed by atoms with Crippen LogP contribution in [0.5, 0.6) is 0 Å². The molecule has 18 heavy (non-hydrogen) atoms. The van der Waals surface area contributed by atoms with Crippen LogP contribution in [0.1, 0.15) is 13.3 Å². The zero-order valence-corrected chi connectivity index (χ0v) is 10.9. The van der Waals surface area contributed by atoms with E-state index in [1.807, 2.05) is 19.2 Å². The number of halogens is 1. The van der Waals surface area contributed by atoms with Crippen molar-refractivity contribution >= 4 is 29.5 Å². The monoisotopic (exact) mass is 263 g/mol. The summed E-state index contributed by atoms with van der Waals surface area (Å²) in [6.07, 6.45) is 4.73. The van der Waals surface area contributed by atoms with Crippen molar-refractivity contribution in [3.63, 3.8) is 0 Å². The van der Waals surface area contributed by atoms with E-state index in [-0.39, 0.29) is 0 Å². The Balaban J connectivity index is 1.77. The molecule has 5 nitrogen and oxygen atoms in total. The van der Waals surface area contributed by atoms with Crippen LogP contribution in [0.4, 0.5) is 5.82 Å². The third-order valence-corrected chi connectivity index (χ3v) is 3.54. The van der Waals surface area contributed by atoms with Gasteiger partial charge in [-0.15, -0.1) is 0 Å². The van der Waals surface area contributed by atoms with Crippen molar-refractivity contribution in [2.45, 2.75) is 19.4 Å². The number of anilines is 1. The van der Waals surface area contributed by atoms with Gasteiger partial charge in [0.1, 0.15) is 11.7 Å². The van der Waals surface area contributed by atoms with Gasteiger partial charge in [0.05, 0.1) is 6.04 Å². The molecule has 0 aromatic carbocycles. The quantitative estimate of drug-likeness (QED) is 0.727. The van der Waals surface area contributed by atoms with Crippen LogP contribution in [-0.4, -0.2) is 41.1 Å². The van der Waals surface area contributed by atoms with Gasteiger partial charge >= 0.3 is 0 Å². The van der Waals surface area contributed by atoms with E-state index in [1.165, 1.54) is 0 Å². The summed E-state index contributed by atoms with van der Waals surface area (Å²) in [5, 5.41) is 0.292. The molecule has 1 aromatic heterocycles. The first-order chi connectivity index (χ1) is 8.72. The van der Waals surface area contributed by atoms with E-state index >= 15 is 0 Å². The van der Waals surface area contributed by atoms with Gasteiger partial charge in [0.15, 0.2) is 0 Å². The Labute approximate surface area is 111 Å². The number of nitrogens with zero attached hydrogens (tertiary/aromatic N) is 5. The Morgan fingerprint density at radius 1 is 1.44 bits per heavy atom. The van der Waals surface area contributed by atoms with E-state index in [9.17, 15) is 0 Å². The van der Waals surface area contributed by atoms with Crippen LogP contribution in [0.25, 0.3) is 0 Å². The molecule has 1 fully saturated rings. The largest absolute Gasteiger partial charge is 0.356 e. The van der Waals surface area contributed by atoms with Gasteiger partial charge in [0.25, 0.3) is 0 Å². The normalized spacial score (nSPS) is 26.8. The maximum atomic E-state index is 5.82. The van der Waals surface area contributed by atoms with Gasteiger partial charge < -0.3 is 4.90 Å². The first-order valence-electron chi connectivity index (χ1n) is 6.04. The van der Waals surface area contributed by atoms with E-state index in [0.717, 1.165) is 31.2 Å². The Bertz CT molecular complexity index is 513. The van der Waals surface area contributed by atoms with Gasteiger partial charge in [-0.1, -0.05) is 0 Å². The van der Waals surface area contributed by atoms with Gasteiger partial charge in [0.2, 0.25) is 5.28 Å². The summed E-state index contributed by atoms with van der Waals surface area (Å²) < 4.78 is 0. The predicted octanol–water partition coefficient (Wildman–Crippen LogP) is 1.83. The second kappa shape index (κ2) is 4.65. The van der Waals surface area contributed by atoms with Crippen LogP contribution in [0.15, 0.2) is 22.2 Å². The maximum Gasteiger partial charge on any atom is 0.224 e. The van der Waals surface area contributed by atoms with Crippen LogP contribution in [-0.2, 0) is 0 Å². The van der Waals surface area contributed by atoms with Gasteiger partial charge in [-0.25, -0.2) is 15.0 Å². The number of piperidine rings is 1. The minimum Gasteiger partial charge on any atom is -0.356 e. The summed E-state index contributed by atoms with van der Waals surface area (Å²) in [7, 11) is 0. The third-order valence-electron chi connectivity index (χ3n) is 3.36. The lowest BCUT2D eigenvalue weighted by atomic mass is 9.92. The minimum atomic E-state index is 0.292. The highest BCUT2D eigenvalue weighted by Crippen LogP contribution is 2.25. The van der Waals surface area contributed by atoms with Crippen LogP contribution in [0, 0.1) is 5.92 Å².